The monoisotopic (exact) mass is 286 g/mol. The highest BCUT2D eigenvalue weighted by Crippen LogP contribution is 2.19. The molecule has 0 aliphatic carbocycles. The molecule has 0 atom stereocenters. The Morgan fingerprint density at radius 1 is 1.47 bits per heavy atom. The van der Waals surface area contributed by atoms with E-state index in [2.05, 4.69) is 20.2 Å². The van der Waals surface area contributed by atoms with Crippen LogP contribution in [0.15, 0.2) is 6.20 Å². The lowest BCUT2D eigenvalue weighted by atomic mass is 10.3. The van der Waals surface area contributed by atoms with Gasteiger partial charge in [0.25, 0.3) is 0 Å². The van der Waals surface area contributed by atoms with E-state index in [-0.39, 0.29) is 0 Å². The van der Waals surface area contributed by atoms with Crippen molar-refractivity contribution in [1.29, 1.82) is 0 Å². The van der Waals surface area contributed by atoms with E-state index in [0.717, 1.165) is 45.8 Å². The molecule has 19 heavy (non-hydrogen) atoms. The molecule has 106 valence electrons. The smallest absolute Gasteiger partial charge is 0.318 e. The molecule has 2 rings (SSSR count). The summed E-state index contributed by atoms with van der Waals surface area (Å²) in [5, 5.41) is 3.71. The van der Waals surface area contributed by atoms with Crippen LogP contribution in [0.25, 0.3) is 0 Å². The Hall–Kier alpha value is -1.11. The molecule has 0 amide bonds. The lowest BCUT2D eigenvalue weighted by Gasteiger charge is -2.26. The van der Waals surface area contributed by atoms with E-state index in [0.29, 0.717) is 16.9 Å². The fourth-order valence-electron chi connectivity index (χ4n) is 1.91. The fraction of sp³-hybridized carbons (Fsp3) is 0.667. The molecule has 1 fully saturated rings. The molecule has 6 nitrogen and oxygen atoms in total. The molecule has 7 heteroatoms. The zero-order valence-electron chi connectivity index (χ0n) is 11.1. The Morgan fingerprint density at radius 3 is 3.00 bits per heavy atom. The van der Waals surface area contributed by atoms with Crippen molar-refractivity contribution >= 4 is 17.4 Å². The predicted molar refractivity (Wildman–Crippen MR) is 74.0 cm³/mol. The molecule has 1 aliphatic rings. The van der Waals surface area contributed by atoms with Gasteiger partial charge in [-0.15, -0.1) is 0 Å². The number of aromatic nitrogens is 2. The van der Waals surface area contributed by atoms with Gasteiger partial charge in [-0.25, -0.2) is 4.98 Å². The molecule has 0 bridgehead atoms. The first-order valence-corrected chi connectivity index (χ1v) is 6.78. The molecular formula is C12H19ClN4O2. The topological polar surface area (TPSA) is 59.5 Å². The maximum Gasteiger partial charge on any atom is 0.318 e. The predicted octanol–water partition coefficient (Wildman–Crippen LogP) is 1.27. The summed E-state index contributed by atoms with van der Waals surface area (Å²) in [4.78, 5) is 10.5. The van der Waals surface area contributed by atoms with Crippen molar-refractivity contribution < 1.29 is 9.47 Å². The van der Waals surface area contributed by atoms with E-state index in [1.807, 2.05) is 0 Å². The van der Waals surface area contributed by atoms with Crippen LogP contribution < -0.4 is 10.1 Å². The van der Waals surface area contributed by atoms with E-state index < -0.39 is 0 Å². The van der Waals surface area contributed by atoms with Crippen molar-refractivity contribution in [1.82, 2.24) is 14.9 Å². The summed E-state index contributed by atoms with van der Waals surface area (Å²) >= 11 is 6.01. The number of rotatable bonds is 6. The van der Waals surface area contributed by atoms with Gasteiger partial charge in [-0.2, -0.15) is 4.98 Å². The normalized spacial score (nSPS) is 16.3. The first kappa shape index (κ1) is 14.3. The van der Waals surface area contributed by atoms with Crippen LogP contribution in [-0.4, -0.2) is 61.4 Å². The Bertz CT molecular complexity index is 399. The third kappa shape index (κ3) is 4.49. The van der Waals surface area contributed by atoms with Crippen molar-refractivity contribution in [3.8, 4) is 6.01 Å². The first-order chi connectivity index (χ1) is 9.29. The number of nitrogens with zero attached hydrogens (tertiary/aromatic N) is 3. The number of hydrogen-bond donors (Lipinski definition) is 1. The largest absolute Gasteiger partial charge is 0.467 e. The van der Waals surface area contributed by atoms with E-state index in [1.54, 1.807) is 0 Å². The van der Waals surface area contributed by atoms with Gasteiger partial charge in [0.15, 0.2) is 5.82 Å². The second-order valence-corrected chi connectivity index (χ2v) is 4.69. The van der Waals surface area contributed by atoms with Gasteiger partial charge >= 0.3 is 6.01 Å². The van der Waals surface area contributed by atoms with Crippen LogP contribution in [0.4, 0.5) is 5.82 Å². The van der Waals surface area contributed by atoms with Gasteiger partial charge in [-0.3, -0.25) is 4.90 Å². The zero-order valence-corrected chi connectivity index (χ0v) is 11.8. The van der Waals surface area contributed by atoms with Crippen molar-refractivity contribution in [3.63, 3.8) is 0 Å². The van der Waals surface area contributed by atoms with E-state index >= 15 is 0 Å². The third-order valence-electron chi connectivity index (χ3n) is 2.95. The van der Waals surface area contributed by atoms with Crippen LogP contribution >= 0.6 is 11.6 Å². The highest BCUT2D eigenvalue weighted by Gasteiger charge is 2.09. The van der Waals surface area contributed by atoms with E-state index in [4.69, 9.17) is 21.1 Å². The van der Waals surface area contributed by atoms with Crippen LogP contribution in [-0.2, 0) is 4.74 Å². The lowest BCUT2D eigenvalue weighted by molar-refractivity contribution is 0.0378. The third-order valence-corrected chi connectivity index (χ3v) is 3.23. The summed E-state index contributed by atoms with van der Waals surface area (Å²) in [5.41, 5.74) is 0. The number of morpholine rings is 1. The minimum Gasteiger partial charge on any atom is -0.467 e. The van der Waals surface area contributed by atoms with Crippen molar-refractivity contribution in [2.45, 2.75) is 6.42 Å². The molecule has 0 spiro atoms. The minimum atomic E-state index is 0.320. The summed E-state index contributed by atoms with van der Waals surface area (Å²) in [6, 6.07) is 0.320. The van der Waals surface area contributed by atoms with Crippen molar-refractivity contribution in [3.05, 3.63) is 11.2 Å². The van der Waals surface area contributed by atoms with Gasteiger partial charge in [-0.05, 0) is 13.0 Å². The van der Waals surface area contributed by atoms with E-state index in [9.17, 15) is 0 Å². The van der Waals surface area contributed by atoms with Crippen LogP contribution in [0.2, 0.25) is 5.02 Å². The van der Waals surface area contributed by atoms with Crippen LogP contribution in [0.5, 0.6) is 6.01 Å². The van der Waals surface area contributed by atoms with Gasteiger partial charge < -0.3 is 14.8 Å². The van der Waals surface area contributed by atoms with Crippen molar-refractivity contribution in [2.75, 3.05) is 51.8 Å². The maximum absolute atomic E-state index is 6.01. The second-order valence-electron chi connectivity index (χ2n) is 4.29. The second kappa shape index (κ2) is 7.47. The van der Waals surface area contributed by atoms with Crippen molar-refractivity contribution in [2.24, 2.45) is 0 Å². The highest BCUT2D eigenvalue weighted by atomic mass is 35.5. The molecule has 2 heterocycles. The van der Waals surface area contributed by atoms with Gasteiger partial charge in [0.2, 0.25) is 0 Å². The molecule has 0 radical (unpaired) electrons. The Morgan fingerprint density at radius 2 is 2.26 bits per heavy atom. The van der Waals surface area contributed by atoms with Gasteiger partial charge in [0, 0.05) is 19.6 Å². The van der Waals surface area contributed by atoms with Crippen LogP contribution in [0.1, 0.15) is 6.42 Å². The Balaban J connectivity index is 1.72. The highest BCUT2D eigenvalue weighted by molar-refractivity contribution is 6.32. The molecule has 1 aliphatic heterocycles. The number of nitrogens with one attached hydrogen (secondary N) is 1. The summed E-state index contributed by atoms with van der Waals surface area (Å²) in [7, 11) is 1.53. The number of anilines is 1. The van der Waals surface area contributed by atoms with Crippen LogP contribution in [0.3, 0.4) is 0 Å². The number of hydrogen-bond acceptors (Lipinski definition) is 6. The standard InChI is InChI=1S/C12H19ClN4O2/c1-18-12-15-9-10(13)11(16-12)14-3-2-4-17-5-7-19-8-6-17/h9H,2-8H2,1H3,(H,14,15,16). The maximum atomic E-state index is 6.01. The Kier molecular flexibility index (Phi) is 5.62. The molecular weight excluding hydrogens is 268 g/mol. The summed E-state index contributed by atoms with van der Waals surface area (Å²) in [5.74, 6) is 0.621. The van der Waals surface area contributed by atoms with Crippen LogP contribution in [0, 0.1) is 0 Å². The molecule has 0 saturated carbocycles. The van der Waals surface area contributed by atoms with Gasteiger partial charge in [0.05, 0.1) is 26.5 Å². The number of methoxy groups -OCH3 is 1. The summed E-state index contributed by atoms with van der Waals surface area (Å²) in [6.07, 6.45) is 2.57. The minimum absolute atomic E-state index is 0.320. The lowest BCUT2D eigenvalue weighted by Crippen LogP contribution is -2.37. The summed E-state index contributed by atoms with van der Waals surface area (Å²) < 4.78 is 10.3. The quantitative estimate of drug-likeness (QED) is 0.795. The average Bonchev–Trinajstić information content (AvgIpc) is 2.46. The fourth-order valence-corrected chi connectivity index (χ4v) is 2.07. The van der Waals surface area contributed by atoms with Gasteiger partial charge in [0.1, 0.15) is 5.02 Å². The van der Waals surface area contributed by atoms with E-state index in [1.165, 1.54) is 13.3 Å². The number of halogens is 1. The molecule has 0 aromatic carbocycles. The molecule has 1 aromatic heterocycles. The molecule has 1 saturated heterocycles. The molecule has 1 aromatic rings. The SMILES string of the molecule is COc1ncc(Cl)c(NCCCN2CCOCC2)n1. The first-order valence-electron chi connectivity index (χ1n) is 6.40. The average molecular weight is 287 g/mol. The number of ether oxygens (including phenoxy) is 2. The molecule has 1 N–H and O–H groups in total. The Labute approximate surface area is 118 Å². The summed E-state index contributed by atoms with van der Waals surface area (Å²) in [6.45, 7) is 5.57. The zero-order chi connectivity index (χ0) is 13.5. The van der Waals surface area contributed by atoms with Gasteiger partial charge in [-0.1, -0.05) is 11.6 Å². The molecule has 0 unspecified atom stereocenters.